The maximum absolute atomic E-state index is 11.7. The van der Waals surface area contributed by atoms with E-state index in [4.69, 9.17) is 5.11 Å². The van der Waals surface area contributed by atoms with E-state index in [2.05, 4.69) is 0 Å². The molecule has 2 amide bonds. The van der Waals surface area contributed by atoms with E-state index in [9.17, 15) is 14.4 Å². The van der Waals surface area contributed by atoms with Crippen LogP contribution in [0.5, 0.6) is 0 Å². The summed E-state index contributed by atoms with van der Waals surface area (Å²) < 4.78 is 0. The standard InChI is InChI=1S/C10H13NO4/c12-8(13)5-11-9(14)6-3-1-2-4-7(6)10(11)15/h6-7H,1-5H2,(H,12,13)/t6-,7+. The first kappa shape index (κ1) is 10.1. The second kappa shape index (κ2) is 3.64. The zero-order valence-electron chi connectivity index (χ0n) is 8.31. The summed E-state index contributed by atoms with van der Waals surface area (Å²) in [6, 6.07) is 0. The molecule has 5 nitrogen and oxygen atoms in total. The third kappa shape index (κ3) is 1.62. The number of fused-ring (bicyclic) bond motifs is 1. The van der Waals surface area contributed by atoms with Crippen LogP contribution in [0.25, 0.3) is 0 Å². The van der Waals surface area contributed by atoms with Gasteiger partial charge in [0.15, 0.2) is 0 Å². The number of carboxylic acid groups (broad SMARTS) is 1. The average molecular weight is 211 g/mol. The lowest BCUT2D eigenvalue weighted by molar-refractivity contribution is -0.149. The Labute approximate surface area is 87.1 Å². The summed E-state index contributed by atoms with van der Waals surface area (Å²) >= 11 is 0. The van der Waals surface area contributed by atoms with Crippen molar-refractivity contribution in [1.82, 2.24) is 4.90 Å². The number of imide groups is 1. The van der Waals surface area contributed by atoms with E-state index in [1.54, 1.807) is 0 Å². The normalized spacial score (nSPS) is 30.5. The van der Waals surface area contributed by atoms with E-state index in [0.717, 1.165) is 30.6 Å². The zero-order valence-corrected chi connectivity index (χ0v) is 8.31. The van der Waals surface area contributed by atoms with Crippen molar-refractivity contribution in [1.29, 1.82) is 0 Å². The van der Waals surface area contributed by atoms with Crippen LogP contribution in [0.15, 0.2) is 0 Å². The molecular formula is C10H13NO4. The van der Waals surface area contributed by atoms with Gasteiger partial charge in [0.1, 0.15) is 6.54 Å². The maximum Gasteiger partial charge on any atom is 0.323 e. The van der Waals surface area contributed by atoms with Crippen LogP contribution in [0.1, 0.15) is 25.7 Å². The average Bonchev–Trinajstić information content (AvgIpc) is 2.44. The monoisotopic (exact) mass is 211 g/mol. The molecule has 1 heterocycles. The van der Waals surface area contributed by atoms with Crippen molar-refractivity contribution in [2.24, 2.45) is 11.8 Å². The van der Waals surface area contributed by atoms with Gasteiger partial charge in [-0.25, -0.2) is 0 Å². The number of hydrogen-bond donors (Lipinski definition) is 1. The molecule has 1 saturated heterocycles. The van der Waals surface area contributed by atoms with Gasteiger partial charge in [0.2, 0.25) is 11.8 Å². The van der Waals surface area contributed by atoms with Crippen molar-refractivity contribution in [3.63, 3.8) is 0 Å². The second-order valence-electron chi connectivity index (χ2n) is 4.15. The Bertz CT molecular complexity index is 301. The first-order valence-corrected chi connectivity index (χ1v) is 5.18. The summed E-state index contributed by atoms with van der Waals surface area (Å²) in [5, 5.41) is 8.60. The third-order valence-electron chi connectivity index (χ3n) is 3.23. The van der Waals surface area contributed by atoms with E-state index in [0.29, 0.717) is 0 Å². The van der Waals surface area contributed by atoms with Crippen LogP contribution in [-0.2, 0) is 14.4 Å². The van der Waals surface area contributed by atoms with Gasteiger partial charge in [-0.15, -0.1) is 0 Å². The van der Waals surface area contributed by atoms with Crippen LogP contribution >= 0.6 is 0 Å². The fourth-order valence-corrected chi connectivity index (χ4v) is 2.52. The minimum atomic E-state index is -1.13. The predicted octanol–water partition coefficient (Wildman–Crippen LogP) is 0.246. The Morgan fingerprint density at radius 1 is 1.20 bits per heavy atom. The highest BCUT2D eigenvalue weighted by atomic mass is 16.4. The number of aliphatic carboxylic acids is 1. The van der Waals surface area contributed by atoms with E-state index >= 15 is 0 Å². The van der Waals surface area contributed by atoms with Crippen LogP contribution < -0.4 is 0 Å². The number of likely N-dealkylation sites (tertiary alicyclic amines) is 1. The smallest absolute Gasteiger partial charge is 0.323 e. The number of hydrogen-bond acceptors (Lipinski definition) is 3. The second-order valence-corrected chi connectivity index (χ2v) is 4.15. The Kier molecular flexibility index (Phi) is 2.46. The van der Waals surface area contributed by atoms with Gasteiger partial charge in [0.25, 0.3) is 0 Å². The number of amides is 2. The van der Waals surface area contributed by atoms with Gasteiger partial charge in [-0.3, -0.25) is 19.3 Å². The van der Waals surface area contributed by atoms with E-state index < -0.39 is 12.5 Å². The summed E-state index contributed by atoms with van der Waals surface area (Å²) in [4.78, 5) is 34.9. The molecule has 0 bridgehead atoms. The molecule has 2 aliphatic rings. The van der Waals surface area contributed by atoms with Gasteiger partial charge >= 0.3 is 5.97 Å². The quantitative estimate of drug-likeness (QED) is 0.664. The molecule has 5 heteroatoms. The fourth-order valence-electron chi connectivity index (χ4n) is 2.52. The highest BCUT2D eigenvalue weighted by Gasteiger charge is 2.48. The molecule has 0 radical (unpaired) electrons. The van der Waals surface area contributed by atoms with E-state index in [1.165, 1.54) is 0 Å². The van der Waals surface area contributed by atoms with Crippen LogP contribution in [-0.4, -0.2) is 34.3 Å². The Morgan fingerprint density at radius 2 is 1.67 bits per heavy atom. The van der Waals surface area contributed by atoms with Crippen molar-refractivity contribution >= 4 is 17.8 Å². The highest BCUT2D eigenvalue weighted by molar-refractivity contribution is 6.06. The molecule has 0 aromatic carbocycles. The largest absolute Gasteiger partial charge is 0.480 e. The molecule has 1 saturated carbocycles. The topological polar surface area (TPSA) is 74.7 Å². The molecule has 0 unspecified atom stereocenters. The van der Waals surface area contributed by atoms with Gasteiger partial charge in [0.05, 0.1) is 11.8 Å². The van der Waals surface area contributed by atoms with Crippen molar-refractivity contribution in [2.75, 3.05) is 6.54 Å². The molecule has 0 aromatic rings. The fraction of sp³-hybridized carbons (Fsp3) is 0.700. The number of carbonyl (C=O) groups excluding carboxylic acids is 2. The molecular weight excluding hydrogens is 198 g/mol. The van der Waals surface area contributed by atoms with Crippen LogP contribution in [0.3, 0.4) is 0 Å². The molecule has 2 rings (SSSR count). The number of nitrogens with zero attached hydrogens (tertiary/aromatic N) is 1. The number of carboxylic acids is 1. The van der Waals surface area contributed by atoms with Crippen molar-refractivity contribution in [3.8, 4) is 0 Å². The van der Waals surface area contributed by atoms with Crippen molar-refractivity contribution < 1.29 is 19.5 Å². The molecule has 15 heavy (non-hydrogen) atoms. The summed E-state index contributed by atoms with van der Waals surface area (Å²) in [6.07, 6.45) is 3.37. The summed E-state index contributed by atoms with van der Waals surface area (Å²) in [5.74, 6) is -2.19. The summed E-state index contributed by atoms with van der Waals surface area (Å²) in [7, 11) is 0. The van der Waals surface area contributed by atoms with Crippen LogP contribution in [0.4, 0.5) is 0 Å². The highest BCUT2D eigenvalue weighted by Crippen LogP contribution is 2.37. The lowest BCUT2D eigenvalue weighted by Crippen LogP contribution is -2.35. The molecule has 2 fully saturated rings. The molecule has 1 N–H and O–H groups in total. The number of rotatable bonds is 2. The van der Waals surface area contributed by atoms with Crippen LogP contribution in [0, 0.1) is 11.8 Å². The molecule has 1 aliphatic carbocycles. The molecule has 0 spiro atoms. The molecule has 82 valence electrons. The summed E-state index contributed by atoms with van der Waals surface area (Å²) in [5.41, 5.74) is 0. The molecule has 0 aromatic heterocycles. The van der Waals surface area contributed by atoms with Gasteiger partial charge in [-0.1, -0.05) is 12.8 Å². The lowest BCUT2D eigenvalue weighted by Gasteiger charge is -2.19. The lowest BCUT2D eigenvalue weighted by atomic mass is 9.81. The van der Waals surface area contributed by atoms with Gasteiger partial charge in [-0.05, 0) is 12.8 Å². The van der Waals surface area contributed by atoms with Gasteiger partial charge in [-0.2, -0.15) is 0 Å². The predicted molar refractivity (Wildman–Crippen MR) is 49.8 cm³/mol. The minimum absolute atomic E-state index is 0.245. The van der Waals surface area contributed by atoms with E-state index in [1.807, 2.05) is 0 Å². The summed E-state index contributed by atoms with van der Waals surface area (Å²) in [6.45, 7) is -0.481. The van der Waals surface area contributed by atoms with Crippen molar-refractivity contribution in [2.45, 2.75) is 25.7 Å². The maximum atomic E-state index is 11.7. The molecule has 1 aliphatic heterocycles. The number of carbonyl (C=O) groups is 3. The van der Waals surface area contributed by atoms with Crippen LogP contribution in [0.2, 0.25) is 0 Å². The first-order chi connectivity index (χ1) is 7.11. The Hall–Kier alpha value is -1.39. The first-order valence-electron chi connectivity index (χ1n) is 5.18. The van der Waals surface area contributed by atoms with E-state index in [-0.39, 0.29) is 23.7 Å². The third-order valence-corrected chi connectivity index (χ3v) is 3.23. The zero-order chi connectivity index (χ0) is 11.0. The van der Waals surface area contributed by atoms with Gasteiger partial charge in [0, 0.05) is 0 Å². The Balaban J connectivity index is 2.17. The SMILES string of the molecule is O=C(O)CN1C(=O)[C@H]2CCCC[C@H]2C1=O. The minimum Gasteiger partial charge on any atom is -0.480 e. The molecule has 2 atom stereocenters. The van der Waals surface area contributed by atoms with Gasteiger partial charge < -0.3 is 5.11 Å². The van der Waals surface area contributed by atoms with Crippen molar-refractivity contribution in [3.05, 3.63) is 0 Å². The Morgan fingerprint density at radius 3 is 2.07 bits per heavy atom.